The lowest BCUT2D eigenvalue weighted by molar-refractivity contribution is 0.713. The standard InChI is InChI=1S/C35H35ClN2/c1-25-6-5-7-30(15-8-25)37(31-16-9-26(2)10-17-31)34-22-29(36)23-35(24-34)38(32-18-11-27(3)12-19-32)33-20-13-28(4)14-21-33/h6,8-24,30H,5,7H2,1-4H3. The molecule has 5 rings (SSSR count). The van der Waals surface area contributed by atoms with Gasteiger partial charge in [-0.05, 0) is 95.1 Å². The molecule has 4 aromatic rings. The first-order valence-corrected chi connectivity index (χ1v) is 13.7. The summed E-state index contributed by atoms with van der Waals surface area (Å²) in [5.74, 6) is 0. The molecule has 0 radical (unpaired) electrons. The summed E-state index contributed by atoms with van der Waals surface area (Å²) >= 11 is 6.89. The Labute approximate surface area is 232 Å². The molecule has 0 bridgehead atoms. The quantitative estimate of drug-likeness (QED) is 0.250. The van der Waals surface area contributed by atoms with Crippen LogP contribution in [0.5, 0.6) is 0 Å². The van der Waals surface area contributed by atoms with Gasteiger partial charge in [-0.1, -0.05) is 88.5 Å². The van der Waals surface area contributed by atoms with Crippen LogP contribution in [0.1, 0.15) is 36.5 Å². The zero-order chi connectivity index (χ0) is 26.6. The molecule has 192 valence electrons. The van der Waals surface area contributed by atoms with Crippen molar-refractivity contribution in [3.05, 3.63) is 137 Å². The second-order valence-corrected chi connectivity index (χ2v) is 10.8. The van der Waals surface area contributed by atoms with Gasteiger partial charge in [-0.3, -0.25) is 0 Å². The van der Waals surface area contributed by atoms with Crippen LogP contribution in [0.4, 0.5) is 28.4 Å². The van der Waals surface area contributed by atoms with Gasteiger partial charge in [0.25, 0.3) is 0 Å². The average molecular weight is 519 g/mol. The van der Waals surface area contributed by atoms with E-state index in [4.69, 9.17) is 11.6 Å². The molecule has 1 atom stereocenters. The van der Waals surface area contributed by atoms with Crippen molar-refractivity contribution in [1.29, 1.82) is 0 Å². The van der Waals surface area contributed by atoms with Crippen LogP contribution in [-0.2, 0) is 0 Å². The third-order valence-corrected chi connectivity index (χ3v) is 7.36. The first-order valence-electron chi connectivity index (χ1n) is 13.3. The van der Waals surface area contributed by atoms with Crippen LogP contribution in [0.2, 0.25) is 5.02 Å². The lowest BCUT2D eigenvalue weighted by atomic mass is 10.1. The van der Waals surface area contributed by atoms with Crippen molar-refractivity contribution in [2.45, 2.75) is 46.6 Å². The fourth-order valence-electron chi connectivity index (χ4n) is 5.02. The number of anilines is 5. The van der Waals surface area contributed by atoms with Crippen LogP contribution in [0.25, 0.3) is 0 Å². The molecule has 4 aromatic carbocycles. The zero-order valence-electron chi connectivity index (χ0n) is 22.7. The molecule has 0 saturated heterocycles. The summed E-state index contributed by atoms with van der Waals surface area (Å²) in [5.41, 5.74) is 10.5. The summed E-state index contributed by atoms with van der Waals surface area (Å²) in [4.78, 5) is 4.72. The molecule has 0 amide bonds. The van der Waals surface area contributed by atoms with E-state index in [1.165, 1.54) is 22.3 Å². The van der Waals surface area contributed by atoms with Crippen LogP contribution in [-0.4, -0.2) is 6.04 Å². The number of allylic oxidation sites excluding steroid dienone is 3. The minimum Gasteiger partial charge on any atom is -0.334 e. The van der Waals surface area contributed by atoms with Gasteiger partial charge in [0.05, 0.1) is 6.04 Å². The maximum atomic E-state index is 6.89. The highest BCUT2D eigenvalue weighted by Gasteiger charge is 2.22. The predicted octanol–water partition coefficient (Wildman–Crippen LogP) is 10.5. The topological polar surface area (TPSA) is 6.48 Å². The summed E-state index contributed by atoms with van der Waals surface area (Å²) in [6.45, 7) is 8.54. The van der Waals surface area contributed by atoms with E-state index in [0.717, 1.165) is 41.3 Å². The van der Waals surface area contributed by atoms with Gasteiger partial charge in [-0.25, -0.2) is 0 Å². The Hall–Kier alpha value is -3.75. The second kappa shape index (κ2) is 11.3. The van der Waals surface area contributed by atoms with E-state index in [2.05, 4.69) is 147 Å². The van der Waals surface area contributed by atoms with Crippen molar-refractivity contribution < 1.29 is 0 Å². The van der Waals surface area contributed by atoms with E-state index in [1.807, 2.05) is 0 Å². The molecule has 1 aliphatic carbocycles. The molecule has 0 saturated carbocycles. The minimum absolute atomic E-state index is 0.213. The largest absolute Gasteiger partial charge is 0.334 e. The van der Waals surface area contributed by atoms with Crippen LogP contribution in [0.3, 0.4) is 0 Å². The van der Waals surface area contributed by atoms with E-state index < -0.39 is 0 Å². The van der Waals surface area contributed by atoms with Crippen molar-refractivity contribution in [1.82, 2.24) is 0 Å². The molecule has 0 spiro atoms. The molecular weight excluding hydrogens is 484 g/mol. The fraction of sp³-hybridized carbons (Fsp3) is 0.200. The number of benzene rings is 4. The van der Waals surface area contributed by atoms with Crippen molar-refractivity contribution >= 4 is 40.0 Å². The molecule has 38 heavy (non-hydrogen) atoms. The Morgan fingerprint density at radius 1 is 0.605 bits per heavy atom. The second-order valence-electron chi connectivity index (χ2n) is 10.3. The van der Waals surface area contributed by atoms with Crippen LogP contribution in [0.15, 0.2) is 115 Å². The van der Waals surface area contributed by atoms with Gasteiger partial charge in [-0.2, -0.15) is 0 Å². The summed E-state index contributed by atoms with van der Waals surface area (Å²) in [6.07, 6.45) is 8.97. The van der Waals surface area contributed by atoms with E-state index in [-0.39, 0.29) is 6.04 Å². The number of nitrogens with zero attached hydrogens (tertiary/aromatic N) is 2. The van der Waals surface area contributed by atoms with Gasteiger partial charge < -0.3 is 9.80 Å². The number of hydrogen-bond donors (Lipinski definition) is 0. The molecule has 0 fully saturated rings. The van der Waals surface area contributed by atoms with Gasteiger partial charge in [0.2, 0.25) is 0 Å². The van der Waals surface area contributed by atoms with E-state index >= 15 is 0 Å². The highest BCUT2D eigenvalue weighted by atomic mass is 35.5. The maximum Gasteiger partial charge on any atom is 0.0528 e. The van der Waals surface area contributed by atoms with Crippen LogP contribution in [0, 0.1) is 20.8 Å². The third kappa shape index (κ3) is 5.87. The Morgan fingerprint density at radius 2 is 1.11 bits per heavy atom. The van der Waals surface area contributed by atoms with Crippen LogP contribution >= 0.6 is 11.6 Å². The lowest BCUT2D eigenvalue weighted by Gasteiger charge is -2.34. The number of halogens is 1. The SMILES string of the molecule is CC1=CCCC(N(c2ccc(C)cc2)c2cc(Cl)cc(N(c3ccc(C)cc3)c3ccc(C)cc3)c2)C=C1. The van der Waals surface area contributed by atoms with Crippen molar-refractivity contribution in [2.75, 3.05) is 9.80 Å². The predicted molar refractivity (Wildman–Crippen MR) is 165 cm³/mol. The van der Waals surface area contributed by atoms with Crippen molar-refractivity contribution in [3.8, 4) is 0 Å². The number of rotatable bonds is 6. The minimum atomic E-state index is 0.213. The van der Waals surface area contributed by atoms with E-state index in [1.54, 1.807) is 0 Å². The maximum absolute atomic E-state index is 6.89. The zero-order valence-corrected chi connectivity index (χ0v) is 23.4. The Balaban J connectivity index is 1.66. The first kappa shape index (κ1) is 25.9. The first-order chi connectivity index (χ1) is 18.4. The van der Waals surface area contributed by atoms with Gasteiger partial charge in [-0.15, -0.1) is 0 Å². The summed E-state index contributed by atoms with van der Waals surface area (Å²) < 4.78 is 0. The molecule has 0 aromatic heterocycles. The molecule has 1 unspecified atom stereocenters. The lowest BCUT2D eigenvalue weighted by Crippen LogP contribution is -2.29. The van der Waals surface area contributed by atoms with Crippen molar-refractivity contribution in [2.24, 2.45) is 0 Å². The van der Waals surface area contributed by atoms with E-state index in [0.29, 0.717) is 5.02 Å². The molecule has 3 heteroatoms. The number of hydrogen-bond acceptors (Lipinski definition) is 2. The van der Waals surface area contributed by atoms with Crippen LogP contribution < -0.4 is 9.80 Å². The summed E-state index contributed by atoms with van der Waals surface area (Å²) in [7, 11) is 0. The Kier molecular flexibility index (Phi) is 7.72. The van der Waals surface area contributed by atoms with Crippen molar-refractivity contribution in [3.63, 3.8) is 0 Å². The third-order valence-electron chi connectivity index (χ3n) is 7.14. The molecule has 0 N–H and O–H groups in total. The number of aryl methyl sites for hydroxylation is 3. The summed E-state index contributed by atoms with van der Waals surface area (Å²) in [5, 5.41) is 0.714. The fourth-order valence-corrected chi connectivity index (χ4v) is 5.25. The molecule has 0 heterocycles. The normalized spacial score (nSPS) is 15.1. The molecule has 2 nitrogen and oxygen atoms in total. The van der Waals surface area contributed by atoms with Gasteiger partial charge in [0.1, 0.15) is 0 Å². The average Bonchev–Trinajstić information content (AvgIpc) is 3.12. The van der Waals surface area contributed by atoms with E-state index in [9.17, 15) is 0 Å². The van der Waals surface area contributed by atoms with Gasteiger partial charge >= 0.3 is 0 Å². The smallest absolute Gasteiger partial charge is 0.0528 e. The molecular formula is C35H35ClN2. The highest BCUT2D eigenvalue weighted by Crippen LogP contribution is 2.41. The van der Waals surface area contributed by atoms with Gasteiger partial charge in [0, 0.05) is 33.5 Å². The molecule has 1 aliphatic rings. The molecule has 0 aliphatic heterocycles. The Morgan fingerprint density at radius 3 is 1.66 bits per heavy atom. The monoisotopic (exact) mass is 518 g/mol. The highest BCUT2D eigenvalue weighted by molar-refractivity contribution is 6.31. The summed E-state index contributed by atoms with van der Waals surface area (Å²) in [6, 6.07) is 32.8. The Bertz CT molecular complexity index is 1400. The van der Waals surface area contributed by atoms with Gasteiger partial charge in [0.15, 0.2) is 0 Å².